The molecule has 0 radical (unpaired) electrons. The van der Waals surface area contributed by atoms with E-state index in [9.17, 15) is 4.79 Å². The van der Waals surface area contributed by atoms with Crippen LogP contribution in [0.2, 0.25) is 0 Å². The van der Waals surface area contributed by atoms with E-state index < -0.39 is 5.97 Å². The predicted octanol–water partition coefficient (Wildman–Crippen LogP) is 6.04. The molecule has 0 unspecified atom stereocenters. The zero-order valence-corrected chi connectivity index (χ0v) is 14.6. The van der Waals surface area contributed by atoms with Gasteiger partial charge in [-0.1, -0.05) is 51.9 Å². The lowest BCUT2D eigenvalue weighted by molar-refractivity contribution is -0.137. The van der Waals surface area contributed by atoms with Crippen molar-refractivity contribution in [1.29, 1.82) is 0 Å². The summed E-state index contributed by atoms with van der Waals surface area (Å²) < 4.78 is 0. The van der Waals surface area contributed by atoms with E-state index in [0.29, 0.717) is 6.42 Å². The van der Waals surface area contributed by atoms with Crippen LogP contribution in [-0.4, -0.2) is 11.1 Å². The van der Waals surface area contributed by atoms with Crippen molar-refractivity contribution in [3.05, 3.63) is 0 Å². The molecule has 22 heavy (non-hydrogen) atoms. The number of hydrogen-bond acceptors (Lipinski definition) is 1. The average Bonchev–Trinajstić information content (AvgIpc) is 2.54. The molecular formula is C20H36O2. The first kappa shape index (κ1) is 17.8. The van der Waals surface area contributed by atoms with Crippen molar-refractivity contribution < 1.29 is 9.90 Å². The summed E-state index contributed by atoms with van der Waals surface area (Å²) in [5.41, 5.74) is 0. The van der Waals surface area contributed by atoms with Crippen LogP contribution in [0.1, 0.15) is 96.8 Å². The first-order chi connectivity index (χ1) is 10.7. The largest absolute Gasteiger partial charge is 0.481 e. The zero-order chi connectivity index (χ0) is 15.8. The average molecular weight is 309 g/mol. The van der Waals surface area contributed by atoms with Gasteiger partial charge in [0.25, 0.3) is 0 Å². The number of carbonyl (C=O) groups is 1. The van der Waals surface area contributed by atoms with E-state index in [4.69, 9.17) is 5.11 Å². The minimum atomic E-state index is -0.631. The number of unbranched alkanes of at least 4 members (excludes halogenated alkanes) is 1. The molecule has 0 aliphatic heterocycles. The van der Waals surface area contributed by atoms with Gasteiger partial charge in [0, 0.05) is 6.42 Å². The van der Waals surface area contributed by atoms with Gasteiger partial charge in [-0.25, -0.2) is 0 Å². The smallest absolute Gasteiger partial charge is 0.303 e. The van der Waals surface area contributed by atoms with Gasteiger partial charge in [-0.15, -0.1) is 0 Å². The van der Waals surface area contributed by atoms with Crippen LogP contribution < -0.4 is 0 Å². The standard InChI is InChI=1S/C20H36O2/c1-2-3-5-16-8-12-18(13-9-16)19-14-10-17(11-15-19)6-4-7-20(21)22/h16-19H,2-15H2,1H3,(H,21,22)/t16-,17?,18-,19?. The highest BCUT2D eigenvalue weighted by atomic mass is 16.4. The maximum Gasteiger partial charge on any atom is 0.303 e. The highest BCUT2D eigenvalue weighted by Crippen LogP contribution is 2.43. The van der Waals surface area contributed by atoms with Crippen molar-refractivity contribution >= 4 is 5.97 Å². The van der Waals surface area contributed by atoms with E-state index >= 15 is 0 Å². The second-order valence-electron chi connectivity index (χ2n) is 7.99. The van der Waals surface area contributed by atoms with Crippen LogP contribution in [0, 0.1) is 23.7 Å². The highest BCUT2D eigenvalue weighted by Gasteiger charge is 2.30. The maximum absolute atomic E-state index is 10.6. The van der Waals surface area contributed by atoms with Gasteiger partial charge in [-0.05, 0) is 62.2 Å². The molecule has 0 spiro atoms. The number of carboxylic acids is 1. The Bertz CT molecular complexity index is 310. The number of aliphatic carboxylic acids is 1. The molecule has 0 aromatic carbocycles. The Kier molecular flexibility index (Phi) is 7.75. The van der Waals surface area contributed by atoms with Crippen LogP contribution in [0.15, 0.2) is 0 Å². The number of carboxylic acid groups (broad SMARTS) is 1. The zero-order valence-electron chi connectivity index (χ0n) is 14.6. The van der Waals surface area contributed by atoms with Crippen molar-refractivity contribution in [2.75, 3.05) is 0 Å². The molecule has 128 valence electrons. The Hall–Kier alpha value is -0.530. The first-order valence-corrected chi connectivity index (χ1v) is 9.90. The topological polar surface area (TPSA) is 37.3 Å². The van der Waals surface area contributed by atoms with Crippen LogP contribution in [-0.2, 0) is 4.79 Å². The minimum Gasteiger partial charge on any atom is -0.481 e. The quantitative estimate of drug-likeness (QED) is 0.593. The molecule has 0 heterocycles. The first-order valence-electron chi connectivity index (χ1n) is 9.90. The van der Waals surface area contributed by atoms with Gasteiger partial charge in [0.2, 0.25) is 0 Å². The summed E-state index contributed by atoms with van der Waals surface area (Å²) in [4.78, 5) is 10.6. The molecule has 2 saturated carbocycles. The molecule has 0 bridgehead atoms. The number of hydrogen-bond donors (Lipinski definition) is 1. The molecule has 0 aromatic heterocycles. The molecule has 2 fully saturated rings. The molecule has 0 aromatic rings. The van der Waals surface area contributed by atoms with Crippen LogP contribution in [0.4, 0.5) is 0 Å². The van der Waals surface area contributed by atoms with E-state index in [1.54, 1.807) is 0 Å². The van der Waals surface area contributed by atoms with Crippen LogP contribution in [0.25, 0.3) is 0 Å². The van der Waals surface area contributed by atoms with Gasteiger partial charge in [0.05, 0.1) is 0 Å². The molecule has 2 rings (SSSR count). The van der Waals surface area contributed by atoms with Crippen molar-refractivity contribution in [2.24, 2.45) is 23.7 Å². The van der Waals surface area contributed by atoms with Gasteiger partial charge in [-0.3, -0.25) is 4.79 Å². The van der Waals surface area contributed by atoms with Crippen LogP contribution in [0.3, 0.4) is 0 Å². The molecule has 0 atom stereocenters. The Morgan fingerprint density at radius 2 is 1.27 bits per heavy atom. The molecular weight excluding hydrogens is 272 g/mol. The highest BCUT2D eigenvalue weighted by molar-refractivity contribution is 5.66. The second-order valence-corrected chi connectivity index (χ2v) is 7.99. The van der Waals surface area contributed by atoms with Crippen molar-refractivity contribution in [3.8, 4) is 0 Å². The van der Waals surface area contributed by atoms with Crippen molar-refractivity contribution in [2.45, 2.75) is 96.8 Å². The lowest BCUT2D eigenvalue weighted by atomic mass is 9.68. The van der Waals surface area contributed by atoms with E-state index in [1.807, 2.05) is 0 Å². The normalized spacial score (nSPS) is 32.8. The molecule has 1 N–H and O–H groups in total. The molecule has 2 nitrogen and oxygen atoms in total. The third-order valence-electron chi connectivity index (χ3n) is 6.42. The van der Waals surface area contributed by atoms with E-state index in [-0.39, 0.29) is 0 Å². The summed E-state index contributed by atoms with van der Waals surface area (Å²) in [6.45, 7) is 2.31. The third kappa shape index (κ3) is 5.93. The van der Waals surface area contributed by atoms with E-state index in [0.717, 1.165) is 36.5 Å². The fraction of sp³-hybridized carbons (Fsp3) is 0.950. The van der Waals surface area contributed by atoms with Gasteiger partial charge in [0.15, 0.2) is 0 Å². The Balaban J connectivity index is 1.60. The summed E-state index contributed by atoms with van der Waals surface area (Å²) in [6.07, 6.45) is 18.2. The molecule has 0 amide bonds. The lowest BCUT2D eigenvalue weighted by Gasteiger charge is -2.38. The Morgan fingerprint density at radius 1 is 0.818 bits per heavy atom. The molecule has 2 aliphatic carbocycles. The third-order valence-corrected chi connectivity index (χ3v) is 6.42. The molecule has 0 saturated heterocycles. The van der Waals surface area contributed by atoms with Crippen molar-refractivity contribution in [3.63, 3.8) is 0 Å². The van der Waals surface area contributed by atoms with E-state index in [1.165, 1.54) is 70.6 Å². The van der Waals surface area contributed by atoms with Crippen LogP contribution in [0.5, 0.6) is 0 Å². The summed E-state index contributed by atoms with van der Waals surface area (Å²) in [6, 6.07) is 0. The lowest BCUT2D eigenvalue weighted by Crippen LogP contribution is -2.26. The van der Waals surface area contributed by atoms with E-state index in [2.05, 4.69) is 6.92 Å². The number of rotatable bonds is 8. The SMILES string of the molecule is CCCC[C@H]1CC[C@H](C2CCC(CCCC(=O)O)CC2)CC1. The van der Waals surface area contributed by atoms with Gasteiger partial charge in [0.1, 0.15) is 0 Å². The van der Waals surface area contributed by atoms with Gasteiger partial charge in [-0.2, -0.15) is 0 Å². The summed E-state index contributed by atoms with van der Waals surface area (Å²) >= 11 is 0. The predicted molar refractivity (Wildman–Crippen MR) is 91.9 cm³/mol. The maximum atomic E-state index is 10.6. The Morgan fingerprint density at radius 3 is 1.68 bits per heavy atom. The summed E-state index contributed by atoms with van der Waals surface area (Å²) in [5, 5.41) is 8.73. The van der Waals surface area contributed by atoms with Crippen molar-refractivity contribution in [1.82, 2.24) is 0 Å². The van der Waals surface area contributed by atoms with Gasteiger partial charge < -0.3 is 5.11 Å². The fourth-order valence-electron chi connectivity index (χ4n) is 4.93. The monoisotopic (exact) mass is 308 g/mol. The summed E-state index contributed by atoms with van der Waals surface area (Å²) in [5.74, 6) is 3.22. The summed E-state index contributed by atoms with van der Waals surface area (Å²) in [7, 11) is 0. The minimum absolute atomic E-state index is 0.363. The second kappa shape index (κ2) is 9.57. The fourth-order valence-corrected chi connectivity index (χ4v) is 4.93. The molecule has 2 aliphatic rings. The molecule has 2 heteroatoms. The van der Waals surface area contributed by atoms with Gasteiger partial charge >= 0.3 is 5.97 Å². The van der Waals surface area contributed by atoms with Crippen LogP contribution >= 0.6 is 0 Å². The Labute approximate surface area is 137 Å².